The molecule has 2 aliphatic heterocycles. The molecule has 2 fully saturated rings. The van der Waals surface area contributed by atoms with Gasteiger partial charge in [-0.15, -0.1) is 0 Å². The third kappa shape index (κ3) is 5.04. The Morgan fingerprint density at radius 1 is 0.794 bits per heavy atom. The van der Waals surface area contributed by atoms with E-state index >= 15 is 0 Å². The number of nitrogens with two attached hydrogens (primary N) is 1. The second-order valence-electron chi connectivity index (χ2n) is 8.52. The molecular weight excluding hydrogens is 434 g/mol. The number of hydrogen-bond donors (Lipinski definition) is 2. The van der Waals surface area contributed by atoms with Crippen molar-refractivity contribution in [2.45, 2.75) is 6.42 Å². The average Bonchev–Trinajstić information content (AvgIpc) is 3.14. The lowest BCUT2D eigenvalue weighted by molar-refractivity contribution is 0.0734. The molecule has 9 nitrogen and oxygen atoms in total. The number of carbonyl (C=O) groups is 2. The molecule has 2 amide bonds. The molecule has 2 aliphatic rings. The summed E-state index contributed by atoms with van der Waals surface area (Å²) >= 11 is 0. The first-order chi connectivity index (χ1) is 16.5. The van der Waals surface area contributed by atoms with Crippen LogP contribution in [0.15, 0.2) is 36.4 Å². The summed E-state index contributed by atoms with van der Waals surface area (Å²) in [6, 6.07) is 10.8. The number of benzene rings is 2. The van der Waals surface area contributed by atoms with E-state index in [1.807, 2.05) is 21.9 Å². The maximum absolute atomic E-state index is 13.1. The van der Waals surface area contributed by atoms with Crippen molar-refractivity contribution in [3.8, 4) is 11.5 Å². The van der Waals surface area contributed by atoms with Gasteiger partial charge in [-0.2, -0.15) is 0 Å². The van der Waals surface area contributed by atoms with Gasteiger partial charge in [0.15, 0.2) is 11.5 Å². The van der Waals surface area contributed by atoms with Crippen LogP contribution >= 0.6 is 0 Å². The molecule has 4 rings (SSSR count). The summed E-state index contributed by atoms with van der Waals surface area (Å²) in [6.45, 7) is 5.71. The molecule has 9 heteroatoms. The Kier molecular flexibility index (Phi) is 7.42. The zero-order valence-corrected chi connectivity index (χ0v) is 19.9. The van der Waals surface area contributed by atoms with E-state index in [2.05, 4.69) is 10.2 Å². The first-order valence-corrected chi connectivity index (χ1v) is 11.7. The summed E-state index contributed by atoms with van der Waals surface area (Å²) in [6.07, 6.45) is 0.819. The van der Waals surface area contributed by atoms with Crippen molar-refractivity contribution in [2.24, 2.45) is 0 Å². The van der Waals surface area contributed by atoms with Gasteiger partial charge in [-0.05, 0) is 42.8 Å². The molecule has 2 aromatic rings. The number of nitrogens with one attached hydrogen (secondary N) is 1. The number of nitrogen functional groups attached to an aromatic ring is 1. The van der Waals surface area contributed by atoms with Crippen LogP contribution in [0.25, 0.3) is 0 Å². The summed E-state index contributed by atoms with van der Waals surface area (Å²) in [5, 5.41) is 3.26. The van der Waals surface area contributed by atoms with Crippen LogP contribution in [-0.4, -0.2) is 88.2 Å². The first-order valence-electron chi connectivity index (χ1n) is 11.7. The van der Waals surface area contributed by atoms with Crippen LogP contribution in [0.2, 0.25) is 0 Å². The van der Waals surface area contributed by atoms with Gasteiger partial charge in [0.05, 0.1) is 25.6 Å². The largest absolute Gasteiger partial charge is 0.493 e. The molecule has 0 atom stereocenters. The summed E-state index contributed by atoms with van der Waals surface area (Å²) in [7, 11) is 3.13. The highest BCUT2D eigenvalue weighted by Gasteiger charge is 2.24. The van der Waals surface area contributed by atoms with Crippen LogP contribution in [0.4, 0.5) is 11.4 Å². The van der Waals surface area contributed by atoms with Gasteiger partial charge in [0.1, 0.15) is 0 Å². The molecule has 0 unspecified atom stereocenters. The zero-order chi connectivity index (χ0) is 24.1. The standard InChI is InChI=1S/C25H33N5O4/c1-33-22-7-5-19(17-23(22)34-2)25(32)29-11-3-10-28(14-15-29)21-6-4-18(16-20(21)26)24(31)30-12-8-27-9-13-30/h4-7,16-17,27H,3,8-15,26H2,1-2H3. The summed E-state index contributed by atoms with van der Waals surface area (Å²) < 4.78 is 10.6. The van der Waals surface area contributed by atoms with Crippen molar-refractivity contribution >= 4 is 23.2 Å². The number of rotatable bonds is 5. The molecule has 0 spiro atoms. The first kappa shape index (κ1) is 23.7. The van der Waals surface area contributed by atoms with Gasteiger partial charge in [0.2, 0.25) is 0 Å². The highest BCUT2D eigenvalue weighted by molar-refractivity contribution is 5.96. The number of amides is 2. The molecular formula is C25H33N5O4. The lowest BCUT2D eigenvalue weighted by Gasteiger charge is -2.28. The fourth-order valence-corrected chi connectivity index (χ4v) is 4.54. The maximum atomic E-state index is 13.1. The van der Waals surface area contributed by atoms with Crippen molar-refractivity contribution in [1.82, 2.24) is 15.1 Å². The topological polar surface area (TPSA) is 100 Å². The molecule has 0 aromatic heterocycles. The highest BCUT2D eigenvalue weighted by Crippen LogP contribution is 2.29. The minimum atomic E-state index is -0.0345. The Balaban J connectivity index is 1.43. The van der Waals surface area contributed by atoms with Crippen LogP contribution in [0.1, 0.15) is 27.1 Å². The van der Waals surface area contributed by atoms with Gasteiger partial charge in [-0.25, -0.2) is 0 Å². The van der Waals surface area contributed by atoms with Crippen LogP contribution < -0.4 is 25.4 Å². The van der Waals surface area contributed by atoms with Gasteiger partial charge < -0.3 is 35.2 Å². The Hall–Kier alpha value is -3.46. The molecule has 34 heavy (non-hydrogen) atoms. The monoisotopic (exact) mass is 467 g/mol. The second-order valence-corrected chi connectivity index (χ2v) is 8.52. The number of carbonyl (C=O) groups excluding carboxylic acids is 2. The minimum Gasteiger partial charge on any atom is -0.493 e. The third-order valence-corrected chi connectivity index (χ3v) is 6.43. The number of ether oxygens (including phenoxy) is 2. The molecule has 0 saturated carbocycles. The molecule has 2 saturated heterocycles. The van der Waals surface area contributed by atoms with E-state index in [0.717, 1.165) is 31.7 Å². The number of methoxy groups -OCH3 is 2. The second kappa shape index (κ2) is 10.6. The van der Waals surface area contributed by atoms with E-state index in [1.54, 1.807) is 38.5 Å². The van der Waals surface area contributed by atoms with Crippen molar-refractivity contribution in [3.63, 3.8) is 0 Å². The van der Waals surface area contributed by atoms with Crippen LogP contribution in [0, 0.1) is 0 Å². The molecule has 2 aromatic carbocycles. The molecule has 0 bridgehead atoms. The van der Waals surface area contributed by atoms with Gasteiger partial charge in [-0.1, -0.05) is 0 Å². The Labute approximate surface area is 200 Å². The summed E-state index contributed by atoms with van der Waals surface area (Å²) in [4.78, 5) is 31.8. The van der Waals surface area contributed by atoms with E-state index in [0.29, 0.717) is 61.0 Å². The van der Waals surface area contributed by atoms with Crippen molar-refractivity contribution in [1.29, 1.82) is 0 Å². The number of nitrogens with zero attached hydrogens (tertiary/aromatic N) is 3. The minimum absolute atomic E-state index is 0.0160. The normalized spacial score (nSPS) is 16.7. The van der Waals surface area contributed by atoms with Gasteiger partial charge in [0, 0.05) is 63.5 Å². The number of anilines is 2. The Morgan fingerprint density at radius 3 is 2.12 bits per heavy atom. The maximum Gasteiger partial charge on any atom is 0.254 e. The predicted molar refractivity (Wildman–Crippen MR) is 132 cm³/mol. The number of hydrogen-bond acceptors (Lipinski definition) is 7. The lowest BCUT2D eigenvalue weighted by atomic mass is 10.1. The molecule has 182 valence electrons. The third-order valence-electron chi connectivity index (χ3n) is 6.43. The van der Waals surface area contributed by atoms with E-state index in [-0.39, 0.29) is 11.8 Å². The van der Waals surface area contributed by atoms with Crippen molar-refractivity contribution in [2.75, 3.05) is 77.2 Å². The van der Waals surface area contributed by atoms with Gasteiger partial charge >= 0.3 is 0 Å². The smallest absolute Gasteiger partial charge is 0.254 e. The molecule has 2 heterocycles. The molecule has 3 N–H and O–H groups in total. The van der Waals surface area contributed by atoms with Crippen molar-refractivity contribution < 1.29 is 19.1 Å². The fourth-order valence-electron chi connectivity index (χ4n) is 4.54. The Morgan fingerprint density at radius 2 is 1.44 bits per heavy atom. The van der Waals surface area contributed by atoms with E-state index in [4.69, 9.17) is 15.2 Å². The van der Waals surface area contributed by atoms with Crippen LogP contribution in [0.5, 0.6) is 11.5 Å². The lowest BCUT2D eigenvalue weighted by Crippen LogP contribution is -2.46. The quantitative estimate of drug-likeness (QED) is 0.646. The van der Waals surface area contributed by atoms with E-state index in [9.17, 15) is 9.59 Å². The SMILES string of the molecule is COc1ccc(C(=O)N2CCCN(c3ccc(C(=O)N4CCNCC4)cc3N)CC2)cc1OC. The van der Waals surface area contributed by atoms with Gasteiger partial charge in [0.25, 0.3) is 11.8 Å². The number of piperazine rings is 1. The van der Waals surface area contributed by atoms with Crippen molar-refractivity contribution in [3.05, 3.63) is 47.5 Å². The summed E-state index contributed by atoms with van der Waals surface area (Å²) in [5.41, 5.74) is 9.05. The van der Waals surface area contributed by atoms with Crippen LogP contribution in [0.3, 0.4) is 0 Å². The fraction of sp³-hybridized carbons (Fsp3) is 0.440. The van der Waals surface area contributed by atoms with E-state index in [1.165, 1.54) is 0 Å². The Bertz CT molecular complexity index is 1040. The average molecular weight is 468 g/mol. The van der Waals surface area contributed by atoms with Gasteiger partial charge in [-0.3, -0.25) is 9.59 Å². The van der Waals surface area contributed by atoms with Crippen LogP contribution in [-0.2, 0) is 0 Å². The molecule has 0 aliphatic carbocycles. The zero-order valence-electron chi connectivity index (χ0n) is 19.9. The summed E-state index contributed by atoms with van der Waals surface area (Å²) in [5.74, 6) is 1.11. The van der Waals surface area contributed by atoms with E-state index < -0.39 is 0 Å². The molecule has 0 radical (unpaired) electrons. The predicted octanol–water partition coefficient (Wildman–Crippen LogP) is 1.68. The highest BCUT2D eigenvalue weighted by atomic mass is 16.5.